The molecule has 0 saturated carbocycles. The third-order valence-electron chi connectivity index (χ3n) is 2.57. The van der Waals surface area contributed by atoms with Gasteiger partial charge in [-0.1, -0.05) is 12.1 Å². The summed E-state index contributed by atoms with van der Waals surface area (Å²) in [5.41, 5.74) is 2.27. The zero-order valence-corrected chi connectivity index (χ0v) is 10.9. The lowest BCUT2D eigenvalue weighted by atomic mass is 10.2. The maximum atomic E-state index is 11.5. The minimum Gasteiger partial charge on any atom is -0.378 e. The number of hydrogen-bond donors (Lipinski definition) is 0. The zero-order chi connectivity index (χ0) is 12.8. The highest BCUT2D eigenvalue weighted by Crippen LogP contribution is 2.13. The fraction of sp³-hybridized carbons (Fsp3) is 0.462. The third kappa shape index (κ3) is 4.07. The van der Waals surface area contributed by atoms with E-state index >= 15 is 0 Å². The van der Waals surface area contributed by atoms with E-state index in [1.54, 1.807) is 11.9 Å². The molecule has 0 aliphatic heterocycles. The Kier molecular flexibility index (Phi) is 4.97. The van der Waals surface area contributed by atoms with Crippen molar-refractivity contribution in [1.29, 1.82) is 0 Å². The number of hydrogen-bond acceptors (Lipinski definition) is 3. The Morgan fingerprint density at radius 3 is 2.24 bits per heavy atom. The zero-order valence-electron chi connectivity index (χ0n) is 10.9. The summed E-state index contributed by atoms with van der Waals surface area (Å²) in [6, 6.07) is 8.16. The standard InChI is InChI=1S/C13H20N2O2/c1-14(2)12-7-5-11(6-8-12)9-15(3)13(16)10-17-4/h5-8H,9-10H2,1-4H3. The Balaban J connectivity index is 2.60. The van der Waals surface area contributed by atoms with E-state index in [2.05, 4.69) is 0 Å². The molecule has 0 aliphatic rings. The molecule has 0 saturated heterocycles. The smallest absolute Gasteiger partial charge is 0.248 e. The van der Waals surface area contributed by atoms with Crippen molar-refractivity contribution >= 4 is 11.6 Å². The van der Waals surface area contributed by atoms with Crippen LogP contribution in [0.5, 0.6) is 0 Å². The quantitative estimate of drug-likeness (QED) is 0.774. The Bertz CT molecular complexity index is 360. The van der Waals surface area contributed by atoms with Gasteiger partial charge >= 0.3 is 0 Å². The fourth-order valence-electron chi connectivity index (χ4n) is 1.50. The molecule has 1 amide bonds. The molecule has 0 fully saturated rings. The number of benzene rings is 1. The topological polar surface area (TPSA) is 32.8 Å². The number of rotatable bonds is 5. The maximum absolute atomic E-state index is 11.5. The number of likely N-dealkylation sites (N-methyl/N-ethyl adjacent to an activating group) is 1. The van der Waals surface area contributed by atoms with Gasteiger partial charge in [-0.25, -0.2) is 0 Å². The van der Waals surface area contributed by atoms with Crippen LogP contribution in [-0.4, -0.2) is 45.7 Å². The molecule has 0 aromatic heterocycles. The van der Waals surface area contributed by atoms with Crippen LogP contribution < -0.4 is 4.90 Å². The molecule has 4 nitrogen and oxygen atoms in total. The number of anilines is 1. The first-order chi connectivity index (χ1) is 8.04. The number of ether oxygens (including phenoxy) is 1. The molecule has 1 aromatic carbocycles. The van der Waals surface area contributed by atoms with E-state index in [9.17, 15) is 4.79 Å². The van der Waals surface area contributed by atoms with E-state index in [0.717, 1.165) is 11.3 Å². The molecule has 0 aliphatic carbocycles. The van der Waals surface area contributed by atoms with E-state index in [0.29, 0.717) is 6.54 Å². The molecule has 1 aromatic rings. The first-order valence-corrected chi connectivity index (χ1v) is 5.53. The van der Waals surface area contributed by atoms with Crippen LogP contribution in [-0.2, 0) is 16.1 Å². The summed E-state index contributed by atoms with van der Waals surface area (Å²) in [6.45, 7) is 0.738. The highest BCUT2D eigenvalue weighted by Gasteiger charge is 2.08. The number of amides is 1. The van der Waals surface area contributed by atoms with Crippen molar-refractivity contribution in [2.24, 2.45) is 0 Å². The van der Waals surface area contributed by atoms with E-state index in [4.69, 9.17) is 4.74 Å². The van der Waals surface area contributed by atoms with Crippen molar-refractivity contribution in [3.63, 3.8) is 0 Å². The lowest BCUT2D eigenvalue weighted by Gasteiger charge is -2.18. The van der Waals surface area contributed by atoms with Crippen molar-refractivity contribution in [3.05, 3.63) is 29.8 Å². The molecular weight excluding hydrogens is 216 g/mol. The Morgan fingerprint density at radius 2 is 1.76 bits per heavy atom. The third-order valence-corrected chi connectivity index (χ3v) is 2.57. The van der Waals surface area contributed by atoms with Crippen molar-refractivity contribution in [2.75, 3.05) is 39.8 Å². The minimum absolute atomic E-state index is 0.0100. The minimum atomic E-state index is -0.0100. The van der Waals surface area contributed by atoms with Crippen molar-refractivity contribution in [3.8, 4) is 0 Å². The van der Waals surface area contributed by atoms with Gasteiger partial charge in [-0.15, -0.1) is 0 Å². The number of carbonyl (C=O) groups is 1. The van der Waals surface area contributed by atoms with Crippen LogP contribution in [0.1, 0.15) is 5.56 Å². The second kappa shape index (κ2) is 6.25. The molecule has 0 unspecified atom stereocenters. The maximum Gasteiger partial charge on any atom is 0.248 e. The first kappa shape index (κ1) is 13.5. The molecule has 1 rings (SSSR count). The van der Waals surface area contributed by atoms with E-state index in [-0.39, 0.29) is 12.5 Å². The van der Waals surface area contributed by atoms with Crippen molar-refractivity contribution in [2.45, 2.75) is 6.54 Å². The monoisotopic (exact) mass is 236 g/mol. The van der Waals surface area contributed by atoms with Crippen LogP contribution in [0.3, 0.4) is 0 Å². The second-order valence-electron chi connectivity index (χ2n) is 4.24. The van der Waals surface area contributed by atoms with Gasteiger partial charge in [-0.3, -0.25) is 4.79 Å². The van der Waals surface area contributed by atoms with Crippen LogP contribution >= 0.6 is 0 Å². The average Bonchev–Trinajstić information content (AvgIpc) is 2.30. The van der Waals surface area contributed by atoms with Crippen molar-refractivity contribution in [1.82, 2.24) is 4.90 Å². The van der Waals surface area contributed by atoms with Crippen molar-refractivity contribution < 1.29 is 9.53 Å². The van der Waals surface area contributed by atoms with Gasteiger partial charge in [0.05, 0.1) is 0 Å². The molecule has 4 heteroatoms. The van der Waals surface area contributed by atoms with Gasteiger partial charge in [-0.05, 0) is 17.7 Å². The van der Waals surface area contributed by atoms with E-state index < -0.39 is 0 Å². The van der Waals surface area contributed by atoms with E-state index in [1.807, 2.05) is 43.3 Å². The Labute approximate surface area is 103 Å². The summed E-state index contributed by atoms with van der Waals surface area (Å²) < 4.78 is 4.82. The molecule has 17 heavy (non-hydrogen) atoms. The summed E-state index contributed by atoms with van der Waals surface area (Å²) in [4.78, 5) is 15.2. The highest BCUT2D eigenvalue weighted by atomic mass is 16.5. The molecule has 94 valence electrons. The van der Waals surface area contributed by atoms with Crippen LogP contribution in [0, 0.1) is 0 Å². The Morgan fingerprint density at radius 1 is 1.18 bits per heavy atom. The van der Waals surface area contributed by atoms with Gasteiger partial charge in [-0.2, -0.15) is 0 Å². The second-order valence-corrected chi connectivity index (χ2v) is 4.24. The summed E-state index contributed by atoms with van der Waals surface area (Å²) in [6.07, 6.45) is 0. The van der Waals surface area contributed by atoms with Gasteiger partial charge in [0.1, 0.15) is 6.61 Å². The molecule has 0 atom stereocenters. The van der Waals surface area contributed by atoms with Gasteiger partial charge in [0.25, 0.3) is 0 Å². The summed E-state index contributed by atoms with van der Waals surface area (Å²) in [7, 11) is 7.31. The van der Waals surface area contributed by atoms with Crippen LogP contribution in [0.15, 0.2) is 24.3 Å². The molecule has 0 spiro atoms. The summed E-state index contributed by atoms with van der Waals surface area (Å²) >= 11 is 0. The number of nitrogens with zero attached hydrogens (tertiary/aromatic N) is 2. The number of carbonyl (C=O) groups excluding carboxylic acids is 1. The van der Waals surface area contributed by atoms with Gasteiger partial charge in [0, 0.05) is 40.5 Å². The van der Waals surface area contributed by atoms with Crippen LogP contribution in [0.25, 0.3) is 0 Å². The predicted octanol–water partition coefficient (Wildman–Crippen LogP) is 1.36. The fourth-order valence-corrected chi connectivity index (χ4v) is 1.50. The summed E-state index contributed by atoms with van der Waals surface area (Å²) in [5, 5.41) is 0. The largest absolute Gasteiger partial charge is 0.378 e. The van der Waals surface area contributed by atoms with Crippen LogP contribution in [0.4, 0.5) is 5.69 Å². The molecule has 0 heterocycles. The first-order valence-electron chi connectivity index (χ1n) is 5.53. The normalized spacial score (nSPS) is 10.1. The van der Waals surface area contributed by atoms with E-state index in [1.165, 1.54) is 7.11 Å². The molecule has 0 bridgehead atoms. The average molecular weight is 236 g/mol. The van der Waals surface area contributed by atoms with Gasteiger partial charge in [0.15, 0.2) is 0 Å². The Hall–Kier alpha value is -1.55. The molecule has 0 radical (unpaired) electrons. The predicted molar refractivity (Wildman–Crippen MR) is 69.1 cm³/mol. The lowest BCUT2D eigenvalue weighted by Crippen LogP contribution is -2.29. The lowest BCUT2D eigenvalue weighted by molar-refractivity contribution is -0.134. The molecule has 0 N–H and O–H groups in total. The number of methoxy groups -OCH3 is 1. The van der Waals surface area contributed by atoms with Gasteiger partial charge < -0.3 is 14.5 Å². The summed E-state index contributed by atoms with van der Waals surface area (Å²) in [5.74, 6) is -0.0100. The SMILES string of the molecule is COCC(=O)N(C)Cc1ccc(N(C)C)cc1. The van der Waals surface area contributed by atoms with Gasteiger partial charge in [0.2, 0.25) is 5.91 Å². The molecular formula is C13H20N2O2. The van der Waals surface area contributed by atoms with Crippen LogP contribution in [0.2, 0.25) is 0 Å². The highest BCUT2D eigenvalue weighted by molar-refractivity contribution is 5.77.